The van der Waals surface area contributed by atoms with E-state index >= 15 is 0 Å². The van der Waals surface area contributed by atoms with Crippen LogP contribution in [0.15, 0.2) is 36.4 Å². The molecule has 0 N–H and O–H groups in total. The van der Waals surface area contributed by atoms with E-state index in [4.69, 9.17) is 14.2 Å². The largest absolute Gasteiger partial charge is 0.493 e. The molecule has 2 aromatic rings. The summed E-state index contributed by atoms with van der Waals surface area (Å²) in [6.45, 7) is 0.398. The van der Waals surface area contributed by atoms with Gasteiger partial charge in [-0.2, -0.15) is 0 Å². The molecule has 4 rings (SSSR count). The normalized spacial score (nSPS) is 20.5. The van der Waals surface area contributed by atoms with Gasteiger partial charge in [0.15, 0.2) is 11.5 Å². The SMILES string of the molecule is COc1cc2c(c(OC)c1OC)[C@H]1CN(C)C(=O)[C@H](Cc3ccccc3)N1C(=O)C2. The maximum atomic E-state index is 13.2. The Labute approximate surface area is 176 Å². The van der Waals surface area contributed by atoms with Crippen LogP contribution in [0, 0.1) is 0 Å². The Hall–Kier alpha value is -3.22. The summed E-state index contributed by atoms with van der Waals surface area (Å²) in [4.78, 5) is 29.8. The molecule has 2 aliphatic heterocycles. The van der Waals surface area contributed by atoms with E-state index in [-0.39, 0.29) is 24.3 Å². The summed E-state index contributed by atoms with van der Waals surface area (Å²) < 4.78 is 16.8. The highest BCUT2D eigenvalue weighted by atomic mass is 16.5. The van der Waals surface area contributed by atoms with Gasteiger partial charge in [0.1, 0.15) is 6.04 Å². The van der Waals surface area contributed by atoms with Gasteiger partial charge in [-0.05, 0) is 17.2 Å². The van der Waals surface area contributed by atoms with Crippen molar-refractivity contribution in [2.75, 3.05) is 34.9 Å². The van der Waals surface area contributed by atoms with Gasteiger partial charge in [-0.25, -0.2) is 0 Å². The van der Waals surface area contributed by atoms with Gasteiger partial charge in [0.05, 0.1) is 33.8 Å². The Bertz CT molecular complexity index is 975. The van der Waals surface area contributed by atoms with Gasteiger partial charge in [0.25, 0.3) is 0 Å². The monoisotopic (exact) mass is 410 g/mol. The molecule has 158 valence electrons. The first kappa shape index (κ1) is 20.1. The average Bonchev–Trinajstić information content (AvgIpc) is 2.76. The highest BCUT2D eigenvalue weighted by molar-refractivity contribution is 5.92. The predicted molar refractivity (Wildman–Crippen MR) is 111 cm³/mol. The van der Waals surface area contributed by atoms with Crippen LogP contribution in [0.1, 0.15) is 22.7 Å². The van der Waals surface area contributed by atoms with Crippen LogP contribution in [0.5, 0.6) is 17.2 Å². The number of carbonyl (C=O) groups excluding carboxylic acids is 2. The van der Waals surface area contributed by atoms with Crippen LogP contribution in [0.3, 0.4) is 0 Å². The summed E-state index contributed by atoms with van der Waals surface area (Å²) in [5.74, 6) is 1.45. The van der Waals surface area contributed by atoms with E-state index in [0.717, 1.165) is 16.7 Å². The molecule has 0 aromatic heterocycles. The topological polar surface area (TPSA) is 68.3 Å². The van der Waals surface area contributed by atoms with Crippen molar-refractivity contribution in [3.05, 3.63) is 53.1 Å². The molecule has 0 spiro atoms. The van der Waals surface area contributed by atoms with Gasteiger partial charge in [-0.3, -0.25) is 9.59 Å². The molecular weight excluding hydrogens is 384 g/mol. The number of hydrogen-bond donors (Lipinski definition) is 0. The minimum Gasteiger partial charge on any atom is -0.493 e. The van der Waals surface area contributed by atoms with Crippen LogP contribution >= 0.6 is 0 Å². The van der Waals surface area contributed by atoms with Crippen LogP contribution in [-0.2, 0) is 22.4 Å². The number of methoxy groups -OCH3 is 3. The number of benzene rings is 2. The molecule has 0 radical (unpaired) electrons. The lowest BCUT2D eigenvalue weighted by Crippen LogP contribution is -2.61. The Balaban J connectivity index is 1.83. The number of rotatable bonds is 5. The minimum atomic E-state index is -0.561. The number of likely N-dealkylation sites (N-methyl/N-ethyl adjacent to an activating group) is 1. The van der Waals surface area contributed by atoms with Crippen molar-refractivity contribution >= 4 is 11.8 Å². The third-order valence-corrected chi connectivity index (χ3v) is 5.97. The zero-order chi connectivity index (χ0) is 21.4. The molecule has 2 aliphatic rings. The summed E-state index contributed by atoms with van der Waals surface area (Å²) in [5.41, 5.74) is 2.74. The Morgan fingerprint density at radius 3 is 2.33 bits per heavy atom. The summed E-state index contributed by atoms with van der Waals surface area (Å²) >= 11 is 0. The number of hydrogen-bond acceptors (Lipinski definition) is 5. The molecule has 2 atom stereocenters. The maximum absolute atomic E-state index is 13.2. The number of carbonyl (C=O) groups is 2. The van der Waals surface area contributed by atoms with E-state index in [9.17, 15) is 9.59 Å². The number of piperazine rings is 1. The first-order valence-corrected chi connectivity index (χ1v) is 9.91. The highest BCUT2D eigenvalue weighted by Crippen LogP contribution is 2.49. The maximum Gasteiger partial charge on any atom is 0.245 e. The van der Waals surface area contributed by atoms with Crippen molar-refractivity contribution in [3.63, 3.8) is 0 Å². The molecule has 1 fully saturated rings. The molecule has 0 bridgehead atoms. The van der Waals surface area contributed by atoms with Gasteiger partial charge in [0.2, 0.25) is 17.6 Å². The molecule has 2 aromatic carbocycles. The Morgan fingerprint density at radius 1 is 1.00 bits per heavy atom. The van der Waals surface area contributed by atoms with Crippen molar-refractivity contribution in [2.45, 2.75) is 24.9 Å². The third kappa shape index (κ3) is 3.14. The fraction of sp³-hybridized carbons (Fsp3) is 0.391. The fourth-order valence-corrected chi connectivity index (χ4v) is 4.62. The minimum absolute atomic E-state index is 0.0497. The predicted octanol–water partition coefficient (Wildman–Crippen LogP) is 2.22. The van der Waals surface area contributed by atoms with E-state index in [0.29, 0.717) is 30.2 Å². The van der Waals surface area contributed by atoms with Gasteiger partial charge >= 0.3 is 0 Å². The standard InChI is InChI=1S/C23H26N2O5/c1-24-13-17-20-15(11-18(28-2)21(29-3)22(20)30-4)12-19(26)25(17)16(23(24)27)10-14-8-6-5-7-9-14/h5-9,11,16-17H,10,12-13H2,1-4H3/t16-,17+/m0/s1. The summed E-state index contributed by atoms with van der Waals surface area (Å²) in [6, 6.07) is 10.8. The number of ether oxygens (including phenoxy) is 3. The second kappa shape index (κ2) is 7.89. The van der Waals surface area contributed by atoms with E-state index < -0.39 is 6.04 Å². The molecule has 7 heteroatoms. The molecule has 0 unspecified atom stereocenters. The van der Waals surface area contributed by atoms with Crippen LogP contribution in [0.2, 0.25) is 0 Å². The summed E-state index contributed by atoms with van der Waals surface area (Å²) in [7, 11) is 6.48. The first-order chi connectivity index (χ1) is 14.5. The van der Waals surface area contributed by atoms with Gasteiger partial charge in [-0.15, -0.1) is 0 Å². The zero-order valence-corrected chi connectivity index (χ0v) is 17.7. The van der Waals surface area contributed by atoms with Crippen molar-refractivity contribution in [1.82, 2.24) is 9.80 Å². The van der Waals surface area contributed by atoms with Crippen molar-refractivity contribution in [2.24, 2.45) is 0 Å². The van der Waals surface area contributed by atoms with E-state index in [1.54, 1.807) is 38.2 Å². The van der Waals surface area contributed by atoms with Crippen molar-refractivity contribution < 1.29 is 23.8 Å². The molecule has 1 saturated heterocycles. The van der Waals surface area contributed by atoms with Crippen molar-refractivity contribution in [1.29, 1.82) is 0 Å². The zero-order valence-electron chi connectivity index (χ0n) is 17.7. The summed E-state index contributed by atoms with van der Waals surface area (Å²) in [6.07, 6.45) is 0.655. The molecule has 0 saturated carbocycles. The first-order valence-electron chi connectivity index (χ1n) is 9.91. The summed E-state index contributed by atoms with van der Waals surface area (Å²) in [5, 5.41) is 0. The molecule has 7 nitrogen and oxygen atoms in total. The molecular formula is C23H26N2O5. The van der Waals surface area contributed by atoms with Crippen LogP contribution in [0.25, 0.3) is 0 Å². The van der Waals surface area contributed by atoms with Gasteiger partial charge < -0.3 is 24.0 Å². The lowest BCUT2D eigenvalue weighted by Gasteiger charge is -2.48. The lowest BCUT2D eigenvalue weighted by atomic mass is 9.85. The third-order valence-electron chi connectivity index (χ3n) is 5.97. The quantitative estimate of drug-likeness (QED) is 0.756. The Morgan fingerprint density at radius 2 is 1.70 bits per heavy atom. The molecule has 2 amide bonds. The van der Waals surface area contributed by atoms with Crippen LogP contribution in [0.4, 0.5) is 0 Å². The Kier molecular flexibility index (Phi) is 5.28. The molecule has 0 aliphatic carbocycles. The average molecular weight is 410 g/mol. The number of amides is 2. The van der Waals surface area contributed by atoms with Gasteiger partial charge in [-0.1, -0.05) is 30.3 Å². The van der Waals surface area contributed by atoms with Crippen LogP contribution in [-0.4, -0.2) is 62.6 Å². The lowest BCUT2D eigenvalue weighted by molar-refractivity contribution is -0.155. The molecule has 2 heterocycles. The van der Waals surface area contributed by atoms with E-state index in [2.05, 4.69) is 0 Å². The van der Waals surface area contributed by atoms with Gasteiger partial charge in [0, 0.05) is 25.6 Å². The smallest absolute Gasteiger partial charge is 0.245 e. The second-order valence-corrected chi connectivity index (χ2v) is 7.64. The number of fused-ring (bicyclic) bond motifs is 3. The second-order valence-electron chi connectivity index (χ2n) is 7.64. The van der Waals surface area contributed by atoms with Crippen molar-refractivity contribution in [3.8, 4) is 17.2 Å². The molecule has 30 heavy (non-hydrogen) atoms. The van der Waals surface area contributed by atoms with Crippen LogP contribution < -0.4 is 14.2 Å². The fourth-order valence-electron chi connectivity index (χ4n) is 4.62. The number of nitrogens with zero attached hydrogens (tertiary/aromatic N) is 2. The highest BCUT2D eigenvalue weighted by Gasteiger charge is 2.47. The van der Waals surface area contributed by atoms with E-state index in [1.165, 1.54) is 0 Å². The van der Waals surface area contributed by atoms with E-state index in [1.807, 2.05) is 36.4 Å².